The second kappa shape index (κ2) is 9.39. The molecule has 0 saturated carbocycles. The molecule has 150 valence electrons. The summed E-state index contributed by atoms with van der Waals surface area (Å²) in [5.74, 6) is 0.105. The lowest BCUT2D eigenvalue weighted by Gasteiger charge is -2.13. The molecule has 0 aliphatic heterocycles. The Hall–Kier alpha value is -3.12. The molecule has 0 aromatic heterocycles. The van der Waals surface area contributed by atoms with E-state index in [2.05, 4.69) is 10.6 Å². The quantitative estimate of drug-likeness (QED) is 0.543. The molecule has 0 saturated heterocycles. The summed E-state index contributed by atoms with van der Waals surface area (Å²) < 4.78 is 13.0. The van der Waals surface area contributed by atoms with Gasteiger partial charge in [-0.3, -0.25) is 9.00 Å². The lowest BCUT2D eigenvalue weighted by Crippen LogP contribution is -2.22. The van der Waals surface area contributed by atoms with Crippen LogP contribution in [-0.4, -0.2) is 21.8 Å². The molecule has 0 bridgehead atoms. The van der Waals surface area contributed by atoms with Crippen molar-refractivity contribution in [1.29, 1.82) is 0 Å². The first-order valence-electron chi connectivity index (χ1n) is 9.29. The number of phenols is 1. The zero-order valence-electron chi connectivity index (χ0n) is 16.4. The van der Waals surface area contributed by atoms with Crippen LogP contribution in [-0.2, 0) is 21.3 Å². The molecule has 0 spiro atoms. The van der Waals surface area contributed by atoms with Crippen LogP contribution < -0.4 is 10.6 Å². The number of benzene rings is 3. The summed E-state index contributed by atoms with van der Waals surface area (Å²) in [4.78, 5) is 12.9. The maximum Gasteiger partial charge on any atom is 0.243 e. The van der Waals surface area contributed by atoms with Crippen molar-refractivity contribution in [2.45, 2.75) is 24.5 Å². The number of hydrogen-bond acceptors (Lipinski definition) is 4. The Balaban J connectivity index is 1.71. The predicted octanol–water partition coefficient (Wildman–Crippen LogP) is 4.37. The van der Waals surface area contributed by atoms with Crippen LogP contribution >= 0.6 is 0 Å². The maximum atomic E-state index is 13.0. The number of phenolic OH excluding ortho intramolecular Hbond substituents is 1. The van der Waals surface area contributed by atoms with Gasteiger partial charge in [0.05, 0.1) is 33.7 Å². The number of para-hydroxylation sites is 2. The fourth-order valence-electron chi connectivity index (χ4n) is 3.08. The van der Waals surface area contributed by atoms with Gasteiger partial charge in [0.2, 0.25) is 5.91 Å². The van der Waals surface area contributed by atoms with E-state index >= 15 is 0 Å². The Kier molecular flexibility index (Phi) is 6.67. The number of aryl methyl sites for hydroxylation is 2. The number of aromatic hydroxyl groups is 1. The molecule has 29 heavy (non-hydrogen) atoms. The van der Waals surface area contributed by atoms with Crippen LogP contribution in [0.25, 0.3) is 0 Å². The molecule has 3 rings (SSSR count). The van der Waals surface area contributed by atoms with Crippen LogP contribution in [0.1, 0.15) is 16.7 Å². The summed E-state index contributed by atoms with van der Waals surface area (Å²) in [7, 11) is -1.42. The predicted molar refractivity (Wildman–Crippen MR) is 118 cm³/mol. The number of amides is 1. The monoisotopic (exact) mass is 408 g/mol. The standard InChI is InChI=1S/C23H24N2O3S/c1-16-12-17(2)23(27)18(13-16)15-29(28)21-11-7-6-10-20(21)25-22(26)14-24-19-8-4-3-5-9-19/h3-13,24,27H,14-15H2,1-2H3,(H,25,26). The first-order valence-corrected chi connectivity index (χ1v) is 10.6. The van der Waals surface area contributed by atoms with E-state index in [-0.39, 0.29) is 24.0 Å². The number of anilines is 2. The van der Waals surface area contributed by atoms with Gasteiger partial charge >= 0.3 is 0 Å². The third-order valence-corrected chi connectivity index (χ3v) is 5.86. The number of carbonyl (C=O) groups is 1. The molecule has 5 nitrogen and oxygen atoms in total. The van der Waals surface area contributed by atoms with Crippen molar-refractivity contribution in [1.82, 2.24) is 0 Å². The van der Waals surface area contributed by atoms with Gasteiger partial charge in [-0.1, -0.05) is 48.0 Å². The Morgan fingerprint density at radius 2 is 1.69 bits per heavy atom. The highest BCUT2D eigenvalue weighted by Crippen LogP contribution is 2.28. The molecule has 3 aromatic carbocycles. The van der Waals surface area contributed by atoms with Crippen molar-refractivity contribution in [2.75, 3.05) is 17.2 Å². The van der Waals surface area contributed by atoms with Crippen LogP contribution in [0.3, 0.4) is 0 Å². The molecule has 0 radical (unpaired) electrons. The van der Waals surface area contributed by atoms with Crippen molar-refractivity contribution in [3.63, 3.8) is 0 Å². The minimum Gasteiger partial charge on any atom is -0.507 e. The van der Waals surface area contributed by atoms with Gasteiger partial charge < -0.3 is 15.7 Å². The molecule has 1 unspecified atom stereocenters. The van der Waals surface area contributed by atoms with Gasteiger partial charge in [-0.15, -0.1) is 0 Å². The third kappa shape index (κ3) is 5.45. The SMILES string of the molecule is Cc1cc(C)c(O)c(CS(=O)c2ccccc2NC(=O)CNc2ccccc2)c1. The van der Waals surface area contributed by atoms with Crippen LogP contribution in [0, 0.1) is 13.8 Å². The summed E-state index contributed by atoms with van der Waals surface area (Å²) in [6.45, 7) is 3.86. The van der Waals surface area contributed by atoms with Crippen LogP contribution in [0.2, 0.25) is 0 Å². The summed E-state index contributed by atoms with van der Waals surface area (Å²) in [5, 5.41) is 16.2. The van der Waals surface area contributed by atoms with Crippen LogP contribution in [0.4, 0.5) is 11.4 Å². The normalized spacial score (nSPS) is 11.7. The van der Waals surface area contributed by atoms with Gasteiger partial charge in [0.1, 0.15) is 5.75 Å². The average molecular weight is 409 g/mol. The van der Waals surface area contributed by atoms with E-state index in [0.29, 0.717) is 16.1 Å². The van der Waals surface area contributed by atoms with Gasteiger partial charge in [0.25, 0.3) is 0 Å². The molecule has 3 N–H and O–H groups in total. The van der Waals surface area contributed by atoms with E-state index in [1.165, 1.54) is 0 Å². The number of rotatable bonds is 7. The fourth-order valence-corrected chi connectivity index (χ4v) is 4.33. The molecule has 3 aromatic rings. The first kappa shape index (κ1) is 20.6. The van der Waals surface area contributed by atoms with Gasteiger partial charge in [-0.2, -0.15) is 0 Å². The summed E-state index contributed by atoms with van der Waals surface area (Å²) >= 11 is 0. The van der Waals surface area contributed by atoms with E-state index in [1.54, 1.807) is 24.3 Å². The zero-order chi connectivity index (χ0) is 20.8. The molecule has 6 heteroatoms. The third-order valence-electron chi connectivity index (χ3n) is 4.44. The zero-order valence-corrected chi connectivity index (χ0v) is 17.3. The van der Waals surface area contributed by atoms with E-state index < -0.39 is 10.8 Å². The van der Waals surface area contributed by atoms with Gasteiger partial charge in [0.15, 0.2) is 0 Å². The molecule has 0 fully saturated rings. The van der Waals surface area contributed by atoms with E-state index in [4.69, 9.17) is 0 Å². The molecule has 1 atom stereocenters. The highest BCUT2D eigenvalue weighted by atomic mass is 32.2. The van der Waals surface area contributed by atoms with Gasteiger partial charge in [-0.05, 0) is 43.7 Å². The lowest BCUT2D eigenvalue weighted by molar-refractivity contribution is -0.114. The minimum atomic E-state index is -1.42. The van der Waals surface area contributed by atoms with Gasteiger partial charge in [-0.25, -0.2) is 0 Å². The molecular weight excluding hydrogens is 384 g/mol. The lowest BCUT2D eigenvalue weighted by atomic mass is 10.1. The van der Waals surface area contributed by atoms with Crippen LogP contribution in [0.15, 0.2) is 71.6 Å². The highest BCUT2D eigenvalue weighted by molar-refractivity contribution is 7.84. The van der Waals surface area contributed by atoms with E-state index in [0.717, 1.165) is 16.8 Å². The topological polar surface area (TPSA) is 78.4 Å². The van der Waals surface area contributed by atoms with Gasteiger partial charge in [0, 0.05) is 11.3 Å². The highest BCUT2D eigenvalue weighted by Gasteiger charge is 2.15. The molecule has 0 aliphatic carbocycles. The number of carbonyl (C=O) groups excluding carboxylic acids is 1. The smallest absolute Gasteiger partial charge is 0.243 e. The van der Waals surface area contributed by atoms with Crippen molar-refractivity contribution in [3.05, 3.63) is 83.4 Å². The fraction of sp³-hybridized carbons (Fsp3) is 0.174. The van der Waals surface area contributed by atoms with Crippen molar-refractivity contribution in [3.8, 4) is 5.75 Å². The number of hydrogen-bond donors (Lipinski definition) is 3. The number of nitrogens with one attached hydrogen (secondary N) is 2. The minimum absolute atomic E-state index is 0.100. The molecule has 1 amide bonds. The summed E-state index contributed by atoms with van der Waals surface area (Å²) in [6.07, 6.45) is 0. The summed E-state index contributed by atoms with van der Waals surface area (Å²) in [5.41, 5.74) is 3.75. The molecule has 0 aliphatic rings. The Morgan fingerprint density at radius 1 is 1.00 bits per heavy atom. The van der Waals surface area contributed by atoms with E-state index in [9.17, 15) is 14.1 Å². The summed E-state index contributed by atoms with van der Waals surface area (Å²) in [6, 6.07) is 20.2. The molecular formula is C23H24N2O3S. The molecule has 0 heterocycles. The van der Waals surface area contributed by atoms with Crippen LogP contribution in [0.5, 0.6) is 5.75 Å². The Labute approximate surface area is 173 Å². The van der Waals surface area contributed by atoms with Crippen molar-refractivity contribution in [2.24, 2.45) is 0 Å². The second-order valence-electron chi connectivity index (χ2n) is 6.84. The Morgan fingerprint density at radius 3 is 2.45 bits per heavy atom. The largest absolute Gasteiger partial charge is 0.507 e. The van der Waals surface area contributed by atoms with Crippen molar-refractivity contribution >= 4 is 28.1 Å². The van der Waals surface area contributed by atoms with E-state index in [1.807, 2.05) is 56.3 Å². The Bertz CT molecular complexity index is 1040. The average Bonchev–Trinajstić information content (AvgIpc) is 2.71. The first-order chi connectivity index (χ1) is 13.9. The second-order valence-corrected chi connectivity index (χ2v) is 8.26. The maximum absolute atomic E-state index is 13.0. The van der Waals surface area contributed by atoms with Crippen molar-refractivity contribution < 1.29 is 14.1 Å².